The molecule has 1 fully saturated rings. The number of carbonyl (C=O) groups is 1. The molecule has 21 heavy (non-hydrogen) atoms. The van der Waals surface area contributed by atoms with Gasteiger partial charge in [0.2, 0.25) is 0 Å². The van der Waals surface area contributed by atoms with Crippen LogP contribution in [0.5, 0.6) is 0 Å². The molecule has 5 nitrogen and oxygen atoms in total. The third-order valence-electron chi connectivity index (χ3n) is 3.85. The Hall–Kier alpha value is -1.43. The van der Waals surface area contributed by atoms with Crippen LogP contribution in [0.2, 0.25) is 0 Å². The van der Waals surface area contributed by atoms with Crippen molar-refractivity contribution >= 4 is 5.97 Å². The molecule has 1 aromatic rings. The van der Waals surface area contributed by atoms with Gasteiger partial charge in [-0.25, -0.2) is 0 Å². The lowest BCUT2D eigenvalue weighted by Gasteiger charge is -2.22. The highest BCUT2D eigenvalue weighted by atomic mass is 16.5. The number of hydrogen-bond donors (Lipinski definition) is 1. The van der Waals surface area contributed by atoms with Gasteiger partial charge >= 0.3 is 5.97 Å². The summed E-state index contributed by atoms with van der Waals surface area (Å²) in [6.45, 7) is 5.29. The summed E-state index contributed by atoms with van der Waals surface area (Å²) in [5.41, 5.74) is 2.53. The molecule has 2 rings (SSSR count). The highest BCUT2D eigenvalue weighted by Crippen LogP contribution is 2.14. The van der Waals surface area contributed by atoms with Gasteiger partial charge in [0.05, 0.1) is 13.2 Å². The second-order valence-electron chi connectivity index (χ2n) is 5.50. The first-order valence-corrected chi connectivity index (χ1v) is 7.41. The lowest BCUT2D eigenvalue weighted by Crippen LogP contribution is -2.34. The van der Waals surface area contributed by atoms with Crippen molar-refractivity contribution in [2.45, 2.75) is 19.6 Å². The fourth-order valence-electron chi connectivity index (χ4n) is 2.78. The highest BCUT2D eigenvalue weighted by molar-refractivity contribution is 5.69. The highest BCUT2D eigenvalue weighted by Gasteiger charge is 2.17. The van der Waals surface area contributed by atoms with Crippen molar-refractivity contribution in [3.8, 4) is 0 Å². The zero-order valence-corrected chi connectivity index (χ0v) is 12.6. The van der Waals surface area contributed by atoms with E-state index >= 15 is 0 Å². The minimum Gasteiger partial charge on any atom is -0.480 e. The molecule has 116 valence electrons. The molecule has 1 saturated heterocycles. The molecule has 0 saturated carbocycles. The Morgan fingerprint density at radius 1 is 1.14 bits per heavy atom. The largest absolute Gasteiger partial charge is 0.480 e. The Balaban J connectivity index is 1.93. The molecule has 1 aliphatic heterocycles. The van der Waals surface area contributed by atoms with Gasteiger partial charge < -0.3 is 9.84 Å². The van der Waals surface area contributed by atoms with Gasteiger partial charge in [0.15, 0.2) is 0 Å². The second-order valence-corrected chi connectivity index (χ2v) is 5.50. The molecular formula is C16H24N2O3. The lowest BCUT2D eigenvalue weighted by molar-refractivity contribution is -0.138. The van der Waals surface area contributed by atoms with E-state index in [0.717, 1.165) is 39.1 Å². The molecule has 0 bridgehead atoms. The Labute approximate surface area is 126 Å². The molecular weight excluding hydrogens is 268 g/mol. The maximum atomic E-state index is 10.8. The van der Waals surface area contributed by atoms with Crippen LogP contribution in [0.25, 0.3) is 0 Å². The van der Waals surface area contributed by atoms with E-state index in [9.17, 15) is 4.79 Å². The average molecular weight is 292 g/mol. The number of hydrogen-bond acceptors (Lipinski definition) is 4. The molecule has 0 atom stereocenters. The third-order valence-corrected chi connectivity index (χ3v) is 3.85. The summed E-state index contributed by atoms with van der Waals surface area (Å²) in [4.78, 5) is 15.2. The van der Waals surface area contributed by atoms with Gasteiger partial charge in [-0.15, -0.1) is 0 Å². The second kappa shape index (κ2) is 8.12. The molecule has 1 aromatic carbocycles. The number of carboxylic acid groups (broad SMARTS) is 1. The first kappa shape index (κ1) is 15.9. The number of ether oxygens (including phenoxy) is 1. The van der Waals surface area contributed by atoms with Crippen molar-refractivity contribution in [3.05, 3.63) is 35.4 Å². The minimum atomic E-state index is -0.742. The summed E-state index contributed by atoms with van der Waals surface area (Å²) in [7, 11) is 1.71. The van der Waals surface area contributed by atoms with E-state index in [1.54, 1.807) is 7.11 Å². The normalized spacial score (nSPS) is 17.6. The number of benzene rings is 1. The SMILES string of the molecule is COCc1ccccc1CN1CCCN(CC(=O)O)CC1. The molecule has 1 N–H and O–H groups in total. The van der Waals surface area contributed by atoms with Gasteiger partial charge in [0, 0.05) is 33.3 Å². The molecule has 0 radical (unpaired) electrons. The average Bonchev–Trinajstić information content (AvgIpc) is 2.66. The van der Waals surface area contributed by atoms with Crippen LogP contribution >= 0.6 is 0 Å². The summed E-state index contributed by atoms with van der Waals surface area (Å²) >= 11 is 0. The Morgan fingerprint density at radius 3 is 2.52 bits per heavy atom. The van der Waals surface area contributed by atoms with Crippen LogP contribution in [-0.4, -0.2) is 60.7 Å². The van der Waals surface area contributed by atoms with Crippen molar-refractivity contribution in [3.63, 3.8) is 0 Å². The first-order valence-electron chi connectivity index (χ1n) is 7.41. The maximum absolute atomic E-state index is 10.8. The quantitative estimate of drug-likeness (QED) is 0.859. The zero-order chi connectivity index (χ0) is 15.1. The Kier molecular flexibility index (Phi) is 6.17. The zero-order valence-electron chi connectivity index (χ0n) is 12.6. The maximum Gasteiger partial charge on any atom is 0.317 e. The van der Waals surface area contributed by atoms with Crippen LogP contribution in [0.15, 0.2) is 24.3 Å². The van der Waals surface area contributed by atoms with Gasteiger partial charge in [-0.3, -0.25) is 14.6 Å². The Morgan fingerprint density at radius 2 is 1.81 bits per heavy atom. The molecule has 1 aliphatic rings. The molecule has 0 amide bonds. The monoisotopic (exact) mass is 292 g/mol. The van der Waals surface area contributed by atoms with Gasteiger partial charge in [-0.05, 0) is 24.1 Å². The summed E-state index contributed by atoms with van der Waals surface area (Å²) in [5, 5.41) is 8.88. The van der Waals surface area contributed by atoms with Gasteiger partial charge in [-0.2, -0.15) is 0 Å². The van der Waals surface area contributed by atoms with Crippen LogP contribution in [0.1, 0.15) is 17.5 Å². The van der Waals surface area contributed by atoms with E-state index in [-0.39, 0.29) is 6.54 Å². The van der Waals surface area contributed by atoms with Crippen molar-refractivity contribution in [1.82, 2.24) is 9.80 Å². The van der Waals surface area contributed by atoms with Gasteiger partial charge in [0.25, 0.3) is 0 Å². The van der Waals surface area contributed by atoms with Crippen LogP contribution in [0.4, 0.5) is 0 Å². The van der Waals surface area contributed by atoms with Crippen molar-refractivity contribution in [2.24, 2.45) is 0 Å². The van der Waals surface area contributed by atoms with Crippen molar-refractivity contribution in [1.29, 1.82) is 0 Å². The van der Waals surface area contributed by atoms with Crippen LogP contribution in [-0.2, 0) is 22.7 Å². The molecule has 0 aliphatic carbocycles. The minimum absolute atomic E-state index is 0.147. The topological polar surface area (TPSA) is 53.0 Å². The number of nitrogens with zero attached hydrogens (tertiary/aromatic N) is 2. The Bertz CT molecular complexity index is 465. The molecule has 0 spiro atoms. The van der Waals surface area contributed by atoms with Crippen molar-refractivity contribution < 1.29 is 14.6 Å². The summed E-state index contributed by atoms with van der Waals surface area (Å²) in [6, 6.07) is 8.35. The van der Waals surface area contributed by atoms with Crippen molar-refractivity contribution in [2.75, 3.05) is 39.8 Å². The van der Waals surface area contributed by atoms with E-state index in [1.165, 1.54) is 11.1 Å². The van der Waals surface area contributed by atoms with E-state index in [2.05, 4.69) is 23.1 Å². The van der Waals surface area contributed by atoms with Gasteiger partial charge in [0.1, 0.15) is 0 Å². The summed E-state index contributed by atoms with van der Waals surface area (Å²) < 4.78 is 5.25. The van der Waals surface area contributed by atoms with Gasteiger partial charge in [-0.1, -0.05) is 24.3 Å². The predicted octanol–water partition coefficient (Wildman–Crippen LogP) is 1.43. The summed E-state index contributed by atoms with van der Waals surface area (Å²) in [5.74, 6) is -0.742. The molecule has 0 unspecified atom stereocenters. The van der Waals surface area contributed by atoms with Crippen LogP contribution in [0, 0.1) is 0 Å². The number of methoxy groups -OCH3 is 1. The predicted molar refractivity (Wildman–Crippen MR) is 81.1 cm³/mol. The number of carboxylic acids is 1. The third kappa shape index (κ3) is 5.12. The lowest BCUT2D eigenvalue weighted by atomic mass is 10.1. The molecule has 0 aromatic heterocycles. The number of rotatable bonds is 6. The smallest absolute Gasteiger partial charge is 0.317 e. The van der Waals surface area contributed by atoms with E-state index in [0.29, 0.717) is 6.61 Å². The molecule has 5 heteroatoms. The standard InChI is InChI=1S/C16H24N2O3/c1-21-13-15-6-3-2-5-14(15)11-17-7-4-8-18(10-9-17)12-16(19)20/h2-3,5-6H,4,7-13H2,1H3,(H,19,20). The van der Waals surface area contributed by atoms with E-state index in [4.69, 9.17) is 9.84 Å². The van der Waals surface area contributed by atoms with E-state index < -0.39 is 5.97 Å². The number of aliphatic carboxylic acids is 1. The van der Waals surface area contributed by atoms with Crippen LogP contribution in [0.3, 0.4) is 0 Å². The molecule has 1 heterocycles. The van der Waals surface area contributed by atoms with Crippen LogP contribution < -0.4 is 0 Å². The van der Waals surface area contributed by atoms with E-state index in [1.807, 2.05) is 11.0 Å². The summed E-state index contributed by atoms with van der Waals surface area (Å²) in [6.07, 6.45) is 1.01. The fourth-order valence-corrected chi connectivity index (χ4v) is 2.78. The first-order chi connectivity index (χ1) is 10.2. The fraction of sp³-hybridized carbons (Fsp3) is 0.562.